The highest BCUT2D eigenvalue weighted by molar-refractivity contribution is 7.03. The Bertz CT molecular complexity index is 285. The van der Waals surface area contributed by atoms with Crippen LogP contribution in [0.25, 0.3) is 0 Å². The average Bonchev–Trinajstić information content (AvgIpc) is 2.71. The van der Waals surface area contributed by atoms with Gasteiger partial charge in [0.15, 0.2) is 5.69 Å². The Hall–Kier alpha value is -1.05. The molecule has 0 radical (unpaired) electrons. The summed E-state index contributed by atoms with van der Waals surface area (Å²) in [5.74, 6) is -0.292. The second kappa shape index (κ2) is 6.44. The second-order valence-electron chi connectivity index (χ2n) is 2.93. The van der Waals surface area contributed by atoms with Gasteiger partial charge in [-0.2, -0.15) is 0 Å². The van der Waals surface area contributed by atoms with E-state index in [1.165, 1.54) is 0 Å². The van der Waals surface area contributed by atoms with Crippen LogP contribution in [-0.2, 0) is 4.74 Å². The molecule has 84 valence electrons. The van der Waals surface area contributed by atoms with Crippen LogP contribution in [0.1, 0.15) is 16.9 Å². The maximum Gasteiger partial charge on any atom is 0.273 e. The van der Waals surface area contributed by atoms with E-state index in [0.717, 1.165) is 11.5 Å². The summed E-state index contributed by atoms with van der Waals surface area (Å²) < 4.78 is 8.51. The van der Waals surface area contributed by atoms with Gasteiger partial charge in [0.2, 0.25) is 0 Å². The number of aliphatic hydroxyl groups excluding tert-OH is 1. The van der Waals surface area contributed by atoms with Gasteiger partial charge in [-0.1, -0.05) is 4.49 Å². The number of nitrogens with one attached hydrogen (secondary N) is 1. The Morgan fingerprint density at radius 1 is 1.80 bits per heavy atom. The number of aromatic nitrogens is 2. The molecule has 0 aliphatic rings. The minimum absolute atomic E-state index is 0.00359. The Balaban J connectivity index is 2.47. The Labute approximate surface area is 91.4 Å². The maximum atomic E-state index is 11.5. The highest BCUT2D eigenvalue weighted by atomic mass is 32.1. The molecular weight excluding hydrogens is 218 g/mol. The van der Waals surface area contributed by atoms with Gasteiger partial charge >= 0.3 is 0 Å². The summed E-state index contributed by atoms with van der Waals surface area (Å²) in [5, 5.41) is 16.7. The van der Waals surface area contributed by atoms with Crippen LogP contribution in [0.2, 0.25) is 0 Å². The minimum Gasteiger partial charge on any atom is -0.396 e. The van der Waals surface area contributed by atoms with Gasteiger partial charge < -0.3 is 15.2 Å². The molecule has 1 aromatic heterocycles. The molecule has 1 amide bonds. The van der Waals surface area contributed by atoms with E-state index in [4.69, 9.17) is 9.84 Å². The predicted molar refractivity (Wildman–Crippen MR) is 54.7 cm³/mol. The third kappa shape index (κ3) is 3.90. The molecule has 0 aromatic carbocycles. The van der Waals surface area contributed by atoms with Gasteiger partial charge in [0.1, 0.15) is 0 Å². The number of aliphatic hydroxyl groups is 1. The van der Waals surface area contributed by atoms with Crippen LogP contribution in [-0.4, -0.2) is 47.0 Å². The molecule has 1 atom stereocenters. The topological polar surface area (TPSA) is 84.3 Å². The Kier molecular flexibility index (Phi) is 5.16. The molecule has 0 saturated heterocycles. The summed E-state index contributed by atoms with van der Waals surface area (Å²) in [4.78, 5) is 11.5. The molecule has 15 heavy (non-hydrogen) atoms. The zero-order valence-electron chi connectivity index (χ0n) is 8.34. The zero-order chi connectivity index (χ0) is 11.1. The fourth-order valence-corrected chi connectivity index (χ4v) is 1.51. The number of nitrogens with zero attached hydrogens (tertiary/aromatic N) is 2. The van der Waals surface area contributed by atoms with Crippen molar-refractivity contribution < 1.29 is 14.6 Å². The number of amides is 1. The summed E-state index contributed by atoms with van der Waals surface area (Å²) in [5.41, 5.74) is 0.291. The van der Waals surface area contributed by atoms with Crippen molar-refractivity contribution in [2.75, 3.05) is 20.3 Å². The van der Waals surface area contributed by atoms with Crippen LogP contribution < -0.4 is 5.32 Å². The normalized spacial score (nSPS) is 12.4. The van der Waals surface area contributed by atoms with Crippen LogP contribution in [0.3, 0.4) is 0 Å². The highest BCUT2D eigenvalue weighted by Gasteiger charge is 2.14. The molecule has 0 spiro atoms. The van der Waals surface area contributed by atoms with Crippen molar-refractivity contribution in [1.82, 2.24) is 14.9 Å². The van der Waals surface area contributed by atoms with E-state index in [1.54, 1.807) is 12.5 Å². The van der Waals surface area contributed by atoms with Gasteiger partial charge in [-0.05, 0) is 18.0 Å². The first kappa shape index (κ1) is 12.0. The molecule has 0 fully saturated rings. The molecule has 1 heterocycles. The molecule has 6 nitrogen and oxygen atoms in total. The van der Waals surface area contributed by atoms with Crippen molar-refractivity contribution >= 4 is 17.4 Å². The molecule has 0 aliphatic carbocycles. The SMILES string of the molecule is COCC(CCO)NC(=O)c1csnn1. The molecule has 1 rings (SSSR count). The summed E-state index contributed by atoms with van der Waals surface area (Å²) in [6, 6.07) is -0.200. The molecular formula is C8H13N3O3S. The van der Waals surface area contributed by atoms with E-state index in [0.29, 0.717) is 18.7 Å². The van der Waals surface area contributed by atoms with E-state index >= 15 is 0 Å². The fraction of sp³-hybridized carbons (Fsp3) is 0.625. The van der Waals surface area contributed by atoms with Crippen molar-refractivity contribution in [3.8, 4) is 0 Å². The third-order valence-electron chi connectivity index (χ3n) is 1.77. The van der Waals surface area contributed by atoms with Crippen molar-refractivity contribution in [3.63, 3.8) is 0 Å². The van der Waals surface area contributed by atoms with Crippen LogP contribution in [0.5, 0.6) is 0 Å². The van der Waals surface area contributed by atoms with Crippen molar-refractivity contribution in [1.29, 1.82) is 0 Å². The van der Waals surface area contributed by atoms with E-state index in [2.05, 4.69) is 14.9 Å². The fourth-order valence-electron chi connectivity index (χ4n) is 1.08. The predicted octanol–water partition coefficient (Wildman–Crippen LogP) is -0.335. The van der Waals surface area contributed by atoms with Crippen LogP contribution >= 0.6 is 11.5 Å². The summed E-state index contributed by atoms with van der Waals surface area (Å²) in [6.45, 7) is 0.369. The second-order valence-corrected chi connectivity index (χ2v) is 3.54. The standard InChI is InChI=1S/C8H13N3O3S/c1-14-4-6(2-3-12)9-8(13)7-5-15-11-10-7/h5-6,12H,2-4H2,1H3,(H,9,13). The highest BCUT2D eigenvalue weighted by Crippen LogP contribution is 1.99. The van der Waals surface area contributed by atoms with Crippen molar-refractivity contribution in [2.24, 2.45) is 0 Å². The number of hydrogen-bond acceptors (Lipinski definition) is 6. The first-order valence-electron chi connectivity index (χ1n) is 4.45. The average molecular weight is 231 g/mol. The number of carbonyl (C=O) groups is 1. The number of rotatable bonds is 6. The monoisotopic (exact) mass is 231 g/mol. The van der Waals surface area contributed by atoms with Crippen LogP contribution in [0, 0.1) is 0 Å². The summed E-state index contributed by atoms with van der Waals surface area (Å²) >= 11 is 1.12. The van der Waals surface area contributed by atoms with E-state index in [1.807, 2.05) is 0 Å². The van der Waals surface area contributed by atoms with Gasteiger partial charge in [-0.15, -0.1) is 5.10 Å². The van der Waals surface area contributed by atoms with Gasteiger partial charge in [0, 0.05) is 19.1 Å². The molecule has 0 bridgehead atoms. The first-order chi connectivity index (χ1) is 7.27. The number of ether oxygens (including phenoxy) is 1. The van der Waals surface area contributed by atoms with Gasteiger partial charge in [-0.3, -0.25) is 4.79 Å². The zero-order valence-corrected chi connectivity index (χ0v) is 9.16. The molecule has 2 N–H and O–H groups in total. The Morgan fingerprint density at radius 2 is 2.60 bits per heavy atom. The van der Waals surface area contributed by atoms with Gasteiger partial charge in [-0.25, -0.2) is 0 Å². The molecule has 1 unspecified atom stereocenters. The summed E-state index contributed by atoms with van der Waals surface area (Å²) in [6.07, 6.45) is 0.456. The molecule has 0 saturated carbocycles. The number of methoxy groups -OCH3 is 1. The Morgan fingerprint density at radius 3 is 3.13 bits per heavy atom. The van der Waals surface area contributed by atoms with Crippen molar-refractivity contribution in [2.45, 2.75) is 12.5 Å². The first-order valence-corrected chi connectivity index (χ1v) is 5.29. The lowest BCUT2D eigenvalue weighted by Gasteiger charge is -2.15. The van der Waals surface area contributed by atoms with E-state index in [-0.39, 0.29) is 18.6 Å². The molecule has 1 aromatic rings. The van der Waals surface area contributed by atoms with Gasteiger partial charge in [0.25, 0.3) is 5.91 Å². The largest absolute Gasteiger partial charge is 0.396 e. The lowest BCUT2D eigenvalue weighted by Crippen LogP contribution is -2.38. The van der Waals surface area contributed by atoms with Crippen LogP contribution in [0.4, 0.5) is 0 Å². The number of carbonyl (C=O) groups excluding carboxylic acids is 1. The van der Waals surface area contributed by atoms with E-state index in [9.17, 15) is 4.79 Å². The summed E-state index contributed by atoms with van der Waals surface area (Å²) in [7, 11) is 1.54. The van der Waals surface area contributed by atoms with Gasteiger partial charge in [0.05, 0.1) is 12.6 Å². The maximum absolute atomic E-state index is 11.5. The minimum atomic E-state index is -0.292. The van der Waals surface area contributed by atoms with Crippen LogP contribution in [0.15, 0.2) is 5.38 Å². The smallest absolute Gasteiger partial charge is 0.273 e. The third-order valence-corrected chi connectivity index (χ3v) is 2.28. The molecule has 7 heteroatoms. The van der Waals surface area contributed by atoms with Crippen molar-refractivity contribution in [3.05, 3.63) is 11.1 Å². The van der Waals surface area contributed by atoms with E-state index < -0.39 is 0 Å². The quantitative estimate of drug-likeness (QED) is 0.700. The molecule has 0 aliphatic heterocycles. The lowest BCUT2D eigenvalue weighted by molar-refractivity contribution is 0.0874. The lowest BCUT2D eigenvalue weighted by atomic mass is 10.2. The number of hydrogen-bond donors (Lipinski definition) is 2.